The van der Waals surface area contributed by atoms with Gasteiger partial charge in [0.05, 0.1) is 11.3 Å². The minimum Gasteiger partial charge on any atom is -0.409 e. The first kappa shape index (κ1) is 14.9. The van der Waals surface area contributed by atoms with Gasteiger partial charge in [0.2, 0.25) is 0 Å². The highest BCUT2D eigenvalue weighted by Crippen LogP contribution is 2.13. The van der Waals surface area contributed by atoms with Crippen molar-refractivity contribution in [3.63, 3.8) is 0 Å². The standard InChI is InChI=1S/C15H17FN4O/c1-10-4-2-6-12(19-10)9-18-8-11-5-3-7-13(14(11)16)15(17)20-21/h2-7,18,21H,8-9H2,1H3,(H2,17,20). The van der Waals surface area contributed by atoms with Crippen LogP contribution in [0, 0.1) is 12.7 Å². The third-order valence-corrected chi connectivity index (χ3v) is 3.03. The lowest BCUT2D eigenvalue weighted by molar-refractivity contribution is 0.318. The Morgan fingerprint density at radius 3 is 2.76 bits per heavy atom. The van der Waals surface area contributed by atoms with Crippen LogP contribution < -0.4 is 11.1 Å². The van der Waals surface area contributed by atoms with Crippen LogP contribution in [0.2, 0.25) is 0 Å². The van der Waals surface area contributed by atoms with Crippen molar-refractivity contribution in [3.05, 3.63) is 64.7 Å². The van der Waals surface area contributed by atoms with Crippen molar-refractivity contribution >= 4 is 5.84 Å². The predicted octanol–water partition coefficient (Wildman–Crippen LogP) is 1.91. The first-order valence-electron chi connectivity index (χ1n) is 6.50. The number of nitrogens with one attached hydrogen (secondary N) is 1. The lowest BCUT2D eigenvalue weighted by Crippen LogP contribution is -2.19. The lowest BCUT2D eigenvalue weighted by atomic mass is 10.1. The Labute approximate surface area is 122 Å². The molecule has 21 heavy (non-hydrogen) atoms. The summed E-state index contributed by atoms with van der Waals surface area (Å²) < 4.78 is 14.2. The molecule has 6 heteroatoms. The zero-order valence-corrected chi connectivity index (χ0v) is 11.7. The van der Waals surface area contributed by atoms with E-state index in [0.717, 1.165) is 11.4 Å². The molecule has 1 heterocycles. The largest absolute Gasteiger partial charge is 0.409 e. The summed E-state index contributed by atoms with van der Waals surface area (Å²) in [4.78, 5) is 4.36. The molecule has 2 rings (SSSR count). The summed E-state index contributed by atoms with van der Waals surface area (Å²) in [5, 5.41) is 14.6. The van der Waals surface area contributed by atoms with E-state index in [9.17, 15) is 4.39 Å². The molecule has 1 aromatic heterocycles. The first-order chi connectivity index (χ1) is 10.1. The quantitative estimate of drug-likeness (QED) is 0.340. The molecule has 0 aliphatic carbocycles. The lowest BCUT2D eigenvalue weighted by Gasteiger charge is -2.09. The minimum atomic E-state index is -0.488. The van der Waals surface area contributed by atoms with Gasteiger partial charge in [0, 0.05) is 24.3 Å². The van der Waals surface area contributed by atoms with Gasteiger partial charge in [-0.25, -0.2) is 4.39 Å². The topological polar surface area (TPSA) is 83.5 Å². The van der Waals surface area contributed by atoms with Crippen LogP contribution in [0.1, 0.15) is 22.5 Å². The third kappa shape index (κ3) is 3.76. The highest BCUT2D eigenvalue weighted by Gasteiger charge is 2.11. The summed E-state index contributed by atoms with van der Waals surface area (Å²) in [5.74, 6) is -0.729. The molecule has 2 aromatic rings. The molecule has 0 atom stereocenters. The monoisotopic (exact) mass is 288 g/mol. The van der Waals surface area contributed by atoms with Gasteiger partial charge in [-0.3, -0.25) is 4.98 Å². The molecule has 0 fully saturated rings. The average molecular weight is 288 g/mol. The predicted molar refractivity (Wildman–Crippen MR) is 78.4 cm³/mol. The van der Waals surface area contributed by atoms with E-state index in [-0.39, 0.29) is 11.4 Å². The number of halogens is 1. The minimum absolute atomic E-state index is 0.0884. The fourth-order valence-corrected chi connectivity index (χ4v) is 1.99. The number of hydrogen-bond donors (Lipinski definition) is 3. The van der Waals surface area contributed by atoms with Crippen molar-refractivity contribution in [2.24, 2.45) is 10.9 Å². The zero-order valence-electron chi connectivity index (χ0n) is 11.7. The average Bonchev–Trinajstić information content (AvgIpc) is 2.48. The second kappa shape index (κ2) is 6.81. The molecule has 5 nitrogen and oxygen atoms in total. The molecule has 0 amide bonds. The molecule has 4 N–H and O–H groups in total. The van der Waals surface area contributed by atoms with E-state index in [2.05, 4.69) is 15.5 Å². The number of oxime groups is 1. The van der Waals surface area contributed by atoms with Gasteiger partial charge in [-0.1, -0.05) is 23.4 Å². The van der Waals surface area contributed by atoms with Gasteiger partial charge in [0.15, 0.2) is 5.84 Å². The van der Waals surface area contributed by atoms with E-state index in [4.69, 9.17) is 10.9 Å². The maximum Gasteiger partial charge on any atom is 0.173 e. The van der Waals surface area contributed by atoms with Gasteiger partial charge in [0.1, 0.15) is 5.82 Å². The Kier molecular flexibility index (Phi) is 4.84. The number of aryl methyl sites for hydroxylation is 1. The molecule has 0 unspecified atom stereocenters. The second-order valence-electron chi connectivity index (χ2n) is 4.64. The van der Waals surface area contributed by atoms with Gasteiger partial charge in [-0.05, 0) is 25.1 Å². The molecule has 0 radical (unpaired) electrons. The fourth-order valence-electron chi connectivity index (χ4n) is 1.99. The van der Waals surface area contributed by atoms with Gasteiger partial charge in [-0.2, -0.15) is 0 Å². The maximum absolute atomic E-state index is 14.2. The fraction of sp³-hybridized carbons (Fsp3) is 0.200. The number of nitrogens with zero attached hydrogens (tertiary/aromatic N) is 2. The highest BCUT2D eigenvalue weighted by molar-refractivity contribution is 5.97. The van der Waals surface area contributed by atoms with E-state index in [1.807, 2.05) is 25.1 Å². The van der Waals surface area contributed by atoms with E-state index in [1.54, 1.807) is 12.1 Å². The number of benzene rings is 1. The van der Waals surface area contributed by atoms with Crippen LogP contribution in [-0.2, 0) is 13.1 Å². The molecule has 0 bridgehead atoms. The normalized spacial score (nSPS) is 11.6. The Morgan fingerprint density at radius 1 is 1.29 bits per heavy atom. The Bertz CT molecular complexity index is 658. The molecule has 0 saturated heterocycles. The summed E-state index contributed by atoms with van der Waals surface area (Å²) in [6.45, 7) is 2.78. The molecule has 1 aromatic carbocycles. The van der Waals surface area contributed by atoms with Crippen LogP contribution >= 0.6 is 0 Å². The molecular formula is C15H17FN4O. The zero-order chi connectivity index (χ0) is 15.2. The number of nitrogens with two attached hydrogens (primary N) is 1. The molecule has 0 aliphatic rings. The van der Waals surface area contributed by atoms with E-state index >= 15 is 0 Å². The van der Waals surface area contributed by atoms with Crippen molar-refractivity contribution in [2.45, 2.75) is 20.0 Å². The van der Waals surface area contributed by atoms with Crippen LogP contribution in [0.4, 0.5) is 4.39 Å². The third-order valence-electron chi connectivity index (χ3n) is 3.03. The van der Waals surface area contributed by atoms with Crippen LogP contribution in [0.5, 0.6) is 0 Å². The van der Waals surface area contributed by atoms with Crippen LogP contribution in [0.25, 0.3) is 0 Å². The van der Waals surface area contributed by atoms with Crippen molar-refractivity contribution in [2.75, 3.05) is 0 Å². The van der Waals surface area contributed by atoms with Gasteiger partial charge in [-0.15, -0.1) is 0 Å². The van der Waals surface area contributed by atoms with Gasteiger partial charge >= 0.3 is 0 Å². The maximum atomic E-state index is 14.2. The molecule has 0 aliphatic heterocycles. The van der Waals surface area contributed by atoms with Crippen LogP contribution in [0.3, 0.4) is 0 Å². The molecular weight excluding hydrogens is 271 g/mol. The Hall–Kier alpha value is -2.47. The number of pyridine rings is 1. The number of aromatic nitrogens is 1. The molecule has 0 saturated carbocycles. The van der Waals surface area contributed by atoms with Crippen molar-refractivity contribution in [1.82, 2.24) is 10.3 Å². The van der Waals surface area contributed by atoms with Crippen molar-refractivity contribution in [1.29, 1.82) is 0 Å². The first-order valence-corrected chi connectivity index (χ1v) is 6.50. The van der Waals surface area contributed by atoms with Crippen LogP contribution in [0.15, 0.2) is 41.6 Å². The number of hydrogen-bond acceptors (Lipinski definition) is 4. The van der Waals surface area contributed by atoms with E-state index in [0.29, 0.717) is 18.7 Å². The SMILES string of the molecule is Cc1cccc(CNCc2cccc(/C(N)=N/O)c2F)n1. The second-order valence-corrected chi connectivity index (χ2v) is 4.64. The summed E-state index contributed by atoms with van der Waals surface area (Å²) in [6, 6.07) is 10.5. The molecule has 0 spiro atoms. The molecule has 110 valence electrons. The summed E-state index contributed by atoms with van der Waals surface area (Å²) >= 11 is 0. The summed E-state index contributed by atoms with van der Waals surface area (Å²) in [7, 11) is 0. The smallest absolute Gasteiger partial charge is 0.173 e. The van der Waals surface area contributed by atoms with E-state index in [1.165, 1.54) is 6.07 Å². The number of amidine groups is 1. The Morgan fingerprint density at radius 2 is 2.05 bits per heavy atom. The number of rotatable bonds is 5. The Balaban J connectivity index is 2.04. The van der Waals surface area contributed by atoms with Crippen molar-refractivity contribution < 1.29 is 9.60 Å². The van der Waals surface area contributed by atoms with Gasteiger partial charge < -0.3 is 16.3 Å². The van der Waals surface area contributed by atoms with Crippen LogP contribution in [-0.4, -0.2) is 16.0 Å². The van der Waals surface area contributed by atoms with E-state index < -0.39 is 5.82 Å². The summed E-state index contributed by atoms with van der Waals surface area (Å²) in [5.41, 5.74) is 7.80. The summed E-state index contributed by atoms with van der Waals surface area (Å²) in [6.07, 6.45) is 0. The van der Waals surface area contributed by atoms with Crippen molar-refractivity contribution in [3.8, 4) is 0 Å². The highest BCUT2D eigenvalue weighted by atomic mass is 19.1. The van der Waals surface area contributed by atoms with Gasteiger partial charge in [0.25, 0.3) is 0 Å².